The number of carbonyl (C=O) groups is 1. The Balaban J connectivity index is 0.000000434. The van der Waals surface area contributed by atoms with Crippen LogP contribution in [0, 0.1) is 0 Å². The fraction of sp³-hybridized carbons (Fsp3) is 0.240. The number of carbonyl (C=O) groups excluding carboxylic acids is 1. The maximum absolute atomic E-state index is 12.0. The quantitative estimate of drug-likeness (QED) is 0.165. The summed E-state index contributed by atoms with van der Waals surface area (Å²) in [6.45, 7) is 5.44. The lowest BCUT2D eigenvalue weighted by Gasteiger charge is -2.18. The highest BCUT2D eigenvalue weighted by atomic mass is 32.2. The van der Waals surface area contributed by atoms with Crippen LogP contribution in [0.1, 0.15) is 20.8 Å². The normalized spacial score (nSPS) is 11.9. The van der Waals surface area contributed by atoms with Crippen molar-refractivity contribution in [3.05, 3.63) is 84.9 Å². The molecule has 0 amide bonds. The van der Waals surface area contributed by atoms with Crippen molar-refractivity contribution in [2.45, 2.75) is 47.2 Å². The van der Waals surface area contributed by atoms with Gasteiger partial charge in [0.05, 0.1) is 10.9 Å². The summed E-state index contributed by atoms with van der Waals surface area (Å²) >= 11 is 0. The molecule has 0 aromatic heterocycles. The first-order valence-corrected chi connectivity index (χ1v) is 13.3. The average Bonchev–Trinajstić information content (AvgIpc) is 2.72. The van der Waals surface area contributed by atoms with Crippen LogP contribution < -0.4 is 4.74 Å². The fourth-order valence-electron chi connectivity index (χ4n) is 2.75. The Hall–Kier alpha value is -3.02. The van der Waals surface area contributed by atoms with Crippen molar-refractivity contribution in [3.8, 4) is 5.75 Å². The Morgan fingerprint density at radius 2 is 1.31 bits per heavy atom. The highest BCUT2D eigenvalue weighted by Gasteiger charge is 2.30. The summed E-state index contributed by atoms with van der Waals surface area (Å²) in [6, 6.07) is 28.3. The summed E-state index contributed by atoms with van der Waals surface area (Å²) in [4.78, 5) is 15.5. The van der Waals surface area contributed by atoms with Crippen LogP contribution in [0.15, 0.2) is 99.6 Å². The van der Waals surface area contributed by atoms with Crippen LogP contribution in [0.2, 0.25) is 0 Å². The van der Waals surface area contributed by atoms with Gasteiger partial charge in [0.25, 0.3) is 0 Å². The first kappa shape index (κ1) is 29.2. The summed E-state index contributed by atoms with van der Waals surface area (Å²) in [5, 5.41) is 0. The van der Waals surface area contributed by atoms with Crippen LogP contribution in [0.25, 0.3) is 0 Å². The molecule has 0 aliphatic carbocycles. The first-order valence-electron chi connectivity index (χ1n) is 10.5. The van der Waals surface area contributed by atoms with Crippen LogP contribution >= 0.6 is 0 Å². The van der Waals surface area contributed by atoms with Crippen LogP contribution in [0.4, 0.5) is 18.0 Å². The predicted molar refractivity (Wildman–Crippen MR) is 129 cm³/mol. The maximum atomic E-state index is 12.0. The Labute approximate surface area is 211 Å². The summed E-state index contributed by atoms with van der Waals surface area (Å²) in [6.07, 6.45) is -5.61. The molecule has 0 bridgehead atoms. The van der Waals surface area contributed by atoms with Gasteiger partial charge in [-0.2, -0.15) is 13.2 Å². The maximum Gasteiger partial charge on any atom is 0.514 e. The molecule has 0 saturated carbocycles. The number of benzene rings is 3. The second-order valence-corrected chi connectivity index (χ2v) is 11.7. The van der Waals surface area contributed by atoms with Crippen LogP contribution in [0.5, 0.6) is 5.75 Å². The molecular weight excluding hydrogens is 517 g/mol. The molecule has 0 radical (unpaired) electrons. The third-order valence-corrected chi connectivity index (χ3v) is 6.82. The van der Waals surface area contributed by atoms with Crippen LogP contribution in [-0.4, -0.2) is 36.7 Å². The second-order valence-electron chi connectivity index (χ2n) is 8.29. The number of hydrogen-bond donors (Lipinski definition) is 0. The fourth-order valence-corrected chi connectivity index (χ4v) is 5.28. The van der Waals surface area contributed by atoms with E-state index in [1.807, 2.05) is 69.3 Å². The molecule has 0 aliphatic heterocycles. The van der Waals surface area contributed by atoms with Gasteiger partial charge in [-0.3, -0.25) is 0 Å². The van der Waals surface area contributed by atoms with Gasteiger partial charge in [0, 0.05) is 6.07 Å². The van der Waals surface area contributed by atoms with Crippen molar-refractivity contribution in [1.29, 1.82) is 0 Å². The molecule has 0 aliphatic rings. The molecule has 0 spiro atoms. The van der Waals surface area contributed by atoms with Gasteiger partial charge >= 0.3 is 12.3 Å². The third kappa shape index (κ3) is 11.1. The van der Waals surface area contributed by atoms with E-state index in [2.05, 4.69) is 30.3 Å². The highest BCUT2D eigenvalue weighted by Crippen LogP contribution is 2.32. The van der Waals surface area contributed by atoms with Gasteiger partial charge in [0.15, 0.2) is 14.7 Å². The van der Waals surface area contributed by atoms with Crippen molar-refractivity contribution in [1.82, 2.24) is 0 Å². The van der Waals surface area contributed by atoms with E-state index in [1.165, 1.54) is 9.79 Å². The Bertz CT molecular complexity index is 1190. The SMILES string of the molecule is CC(C)(C)OC(=O)Oc1cccc([S+](c2ccccc2)c2ccccc2)c1.O=S(=O)([O-])CC(F)(F)F. The van der Waals surface area contributed by atoms with E-state index in [0.29, 0.717) is 5.75 Å². The van der Waals surface area contributed by atoms with E-state index in [-0.39, 0.29) is 10.9 Å². The highest BCUT2D eigenvalue weighted by molar-refractivity contribution is 7.97. The molecule has 3 rings (SSSR count). The van der Waals surface area contributed by atoms with Crippen LogP contribution in [0.3, 0.4) is 0 Å². The number of hydrogen-bond acceptors (Lipinski definition) is 6. The van der Waals surface area contributed by atoms with E-state index in [1.54, 1.807) is 6.07 Å². The molecule has 3 aromatic carbocycles. The minimum absolute atomic E-state index is 0.291. The average molecular weight is 543 g/mol. The predicted octanol–water partition coefficient (Wildman–Crippen LogP) is 6.19. The van der Waals surface area contributed by atoms with Crippen molar-refractivity contribution in [3.63, 3.8) is 0 Å². The molecule has 194 valence electrons. The molecule has 36 heavy (non-hydrogen) atoms. The summed E-state index contributed by atoms with van der Waals surface area (Å²) in [5.41, 5.74) is -0.590. The molecule has 0 saturated heterocycles. The standard InChI is InChI=1S/C23H23O3S.C2H3F3O3S/c1-23(2,3)26-22(24)25-18-11-10-16-21(17-18)27(19-12-6-4-7-13-19)20-14-8-5-9-15-20;3-2(4,5)1-9(6,7)8/h4-17H,1-3H3;1H2,(H,6,7,8)/q+1;/p-1. The first-order chi connectivity index (χ1) is 16.6. The third-order valence-electron chi connectivity index (χ3n) is 3.93. The van der Waals surface area contributed by atoms with Crippen molar-refractivity contribution in [2.24, 2.45) is 0 Å². The zero-order valence-electron chi connectivity index (χ0n) is 19.7. The minimum atomic E-state index is -5.16. The van der Waals surface area contributed by atoms with Gasteiger partial charge in [-0.25, -0.2) is 13.2 Å². The zero-order valence-corrected chi connectivity index (χ0v) is 21.3. The van der Waals surface area contributed by atoms with Crippen molar-refractivity contribution < 1.29 is 40.4 Å². The zero-order chi connectivity index (χ0) is 27.0. The van der Waals surface area contributed by atoms with E-state index in [0.717, 1.165) is 4.90 Å². The number of ether oxygens (including phenoxy) is 2. The van der Waals surface area contributed by atoms with E-state index < -0.39 is 33.8 Å². The van der Waals surface area contributed by atoms with E-state index in [4.69, 9.17) is 9.47 Å². The summed E-state index contributed by atoms with van der Waals surface area (Å²) in [7, 11) is -5.45. The van der Waals surface area contributed by atoms with Gasteiger partial charge in [0.2, 0.25) is 0 Å². The van der Waals surface area contributed by atoms with E-state index >= 15 is 0 Å². The molecule has 11 heteroatoms. The lowest BCUT2D eigenvalue weighted by atomic mass is 10.2. The van der Waals surface area contributed by atoms with Gasteiger partial charge in [-0.1, -0.05) is 42.5 Å². The van der Waals surface area contributed by atoms with Gasteiger partial charge in [0.1, 0.15) is 27.2 Å². The lowest BCUT2D eigenvalue weighted by molar-refractivity contribution is -0.107. The number of halogens is 3. The monoisotopic (exact) mass is 542 g/mol. The Morgan fingerprint density at radius 3 is 1.69 bits per heavy atom. The molecule has 0 N–H and O–H groups in total. The molecule has 6 nitrogen and oxygen atoms in total. The molecule has 0 unspecified atom stereocenters. The van der Waals surface area contributed by atoms with Gasteiger partial charge in [-0.05, 0) is 57.2 Å². The summed E-state index contributed by atoms with van der Waals surface area (Å²) < 4.78 is 71.7. The lowest BCUT2D eigenvalue weighted by Crippen LogP contribution is -2.26. The van der Waals surface area contributed by atoms with Crippen LogP contribution in [-0.2, 0) is 25.7 Å². The minimum Gasteiger partial charge on any atom is -0.748 e. The Morgan fingerprint density at radius 1 is 0.833 bits per heavy atom. The largest absolute Gasteiger partial charge is 0.748 e. The Kier molecular flexibility index (Phi) is 9.97. The molecule has 0 fully saturated rings. The van der Waals surface area contributed by atoms with Crippen molar-refractivity contribution in [2.75, 3.05) is 5.75 Å². The molecule has 3 aromatic rings. The molecule has 0 heterocycles. The smallest absolute Gasteiger partial charge is 0.514 e. The number of rotatable bonds is 5. The molecule has 0 atom stereocenters. The summed E-state index contributed by atoms with van der Waals surface area (Å²) in [5.74, 6) is -1.81. The second kappa shape index (κ2) is 12.3. The van der Waals surface area contributed by atoms with E-state index in [9.17, 15) is 30.9 Å². The molecular formula is C25H25F3O6S2. The topological polar surface area (TPSA) is 92.7 Å². The number of alkyl halides is 3. The van der Waals surface area contributed by atoms with Crippen molar-refractivity contribution >= 4 is 27.2 Å². The van der Waals surface area contributed by atoms with Gasteiger partial charge < -0.3 is 14.0 Å². The van der Waals surface area contributed by atoms with Gasteiger partial charge in [-0.15, -0.1) is 0 Å².